The molecule has 0 aromatic carbocycles. The highest BCUT2D eigenvalue weighted by atomic mass is 35.5. The molecule has 6 nitrogen and oxygen atoms in total. The molecule has 1 aromatic rings. The molecule has 0 radical (unpaired) electrons. The number of methoxy groups -OCH3 is 1. The van der Waals surface area contributed by atoms with Gasteiger partial charge >= 0.3 is 6.01 Å². The van der Waals surface area contributed by atoms with Crippen LogP contribution in [0.15, 0.2) is 0 Å². The maximum atomic E-state index is 9.21. The largest absolute Gasteiger partial charge is 0.467 e. The molecule has 2 N–H and O–H groups in total. The van der Waals surface area contributed by atoms with Crippen LogP contribution in [0.4, 0.5) is 5.95 Å². The highest BCUT2D eigenvalue weighted by Gasteiger charge is 2.10. The van der Waals surface area contributed by atoms with Crippen molar-refractivity contribution in [3.63, 3.8) is 0 Å². The van der Waals surface area contributed by atoms with Crippen LogP contribution < -0.4 is 10.1 Å². The quantitative estimate of drug-likeness (QED) is 0.810. The number of aromatic nitrogens is 3. The molecule has 16 heavy (non-hydrogen) atoms. The summed E-state index contributed by atoms with van der Waals surface area (Å²) >= 11 is 5.69. The Morgan fingerprint density at radius 3 is 2.62 bits per heavy atom. The van der Waals surface area contributed by atoms with Crippen molar-refractivity contribution in [2.45, 2.75) is 32.4 Å². The van der Waals surface area contributed by atoms with E-state index in [1.165, 1.54) is 7.11 Å². The molecule has 0 saturated carbocycles. The Bertz CT molecular complexity index is 348. The van der Waals surface area contributed by atoms with E-state index in [0.717, 1.165) is 0 Å². The fourth-order valence-corrected chi connectivity index (χ4v) is 1.43. The first-order valence-electron chi connectivity index (χ1n) is 4.91. The smallest absolute Gasteiger partial charge is 0.322 e. The van der Waals surface area contributed by atoms with Gasteiger partial charge in [0.25, 0.3) is 0 Å². The van der Waals surface area contributed by atoms with Crippen LogP contribution in [-0.4, -0.2) is 39.3 Å². The van der Waals surface area contributed by atoms with Gasteiger partial charge in [-0.05, 0) is 31.9 Å². The normalized spacial score (nSPS) is 14.3. The van der Waals surface area contributed by atoms with Crippen molar-refractivity contribution >= 4 is 17.5 Å². The lowest BCUT2D eigenvalue weighted by Gasteiger charge is -2.15. The van der Waals surface area contributed by atoms with Gasteiger partial charge in [0.1, 0.15) is 0 Å². The number of nitrogens with zero attached hydrogens (tertiary/aromatic N) is 3. The van der Waals surface area contributed by atoms with E-state index in [2.05, 4.69) is 20.3 Å². The van der Waals surface area contributed by atoms with E-state index < -0.39 is 0 Å². The summed E-state index contributed by atoms with van der Waals surface area (Å²) in [7, 11) is 1.45. The van der Waals surface area contributed by atoms with Crippen molar-refractivity contribution in [3.8, 4) is 6.01 Å². The molecule has 0 aliphatic heterocycles. The predicted molar refractivity (Wildman–Crippen MR) is 60.8 cm³/mol. The third-order valence-corrected chi connectivity index (χ3v) is 2.01. The van der Waals surface area contributed by atoms with Gasteiger partial charge in [0, 0.05) is 6.04 Å². The van der Waals surface area contributed by atoms with Gasteiger partial charge in [-0.1, -0.05) is 0 Å². The summed E-state index contributed by atoms with van der Waals surface area (Å²) < 4.78 is 4.86. The summed E-state index contributed by atoms with van der Waals surface area (Å²) in [5.41, 5.74) is 0. The van der Waals surface area contributed by atoms with Crippen molar-refractivity contribution in [2.75, 3.05) is 12.4 Å². The third-order valence-electron chi connectivity index (χ3n) is 1.84. The lowest BCUT2D eigenvalue weighted by atomic mass is 10.2. The minimum Gasteiger partial charge on any atom is -0.467 e. The van der Waals surface area contributed by atoms with Crippen molar-refractivity contribution in [2.24, 2.45) is 0 Å². The number of hydrogen-bond acceptors (Lipinski definition) is 6. The summed E-state index contributed by atoms with van der Waals surface area (Å²) in [5.74, 6) is 0.338. The van der Waals surface area contributed by atoms with Gasteiger partial charge in [-0.15, -0.1) is 0 Å². The lowest BCUT2D eigenvalue weighted by molar-refractivity contribution is 0.179. The molecular weight excluding hydrogens is 232 g/mol. The van der Waals surface area contributed by atoms with E-state index in [-0.39, 0.29) is 23.4 Å². The first kappa shape index (κ1) is 12.9. The Morgan fingerprint density at radius 2 is 2.06 bits per heavy atom. The molecule has 0 saturated heterocycles. The molecule has 2 atom stereocenters. The predicted octanol–water partition coefficient (Wildman–Crippen LogP) is 1.10. The second-order valence-corrected chi connectivity index (χ2v) is 3.88. The zero-order valence-electron chi connectivity index (χ0n) is 9.44. The number of nitrogens with one attached hydrogen (secondary N) is 1. The van der Waals surface area contributed by atoms with Crippen molar-refractivity contribution in [3.05, 3.63) is 5.28 Å². The molecule has 1 rings (SSSR count). The average molecular weight is 247 g/mol. The molecule has 90 valence electrons. The fraction of sp³-hybridized carbons (Fsp3) is 0.667. The lowest BCUT2D eigenvalue weighted by Crippen LogP contribution is -2.22. The number of rotatable bonds is 5. The van der Waals surface area contributed by atoms with E-state index in [4.69, 9.17) is 16.3 Å². The Morgan fingerprint density at radius 1 is 1.38 bits per heavy atom. The van der Waals surface area contributed by atoms with Gasteiger partial charge < -0.3 is 15.2 Å². The van der Waals surface area contributed by atoms with E-state index in [9.17, 15) is 5.11 Å². The Balaban J connectivity index is 2.69. The molecule has 2 unspecified atom stereocenters. The molecule has 1 heterocycles. The number of ether oxygens (including phenoxy) is 1. The molecule has 0 amide bonds. The standard InChI is InChI=1S/C9H15ClN4O2/c1-5(4-6(2)15)11-8-12-7(10)13-9(14-8)16-3/h5-6,15H,4H2,1-3H3,(H,11,12,13,14). The van der Waals surface area contributed by atoms with Gasteiger partial charge in [-0.25, -0.2) is 0 Å². The van der Waals surface area contributed by atoms with E-state index in [0.29, 0.717) is 12.4 Å². The van der Waals surface area contributed by atoms with Crippen molar-refractivity contribution < 1.29 is 9.84 Å². The van der Waals surface area contributed by atoms with E-state index in [1.807, 2.05) is 6.92 Å². The molecule has 7 heteroatoms. The fourth-order valence-electron chi connectivity index (χ4n) is 1.28. The minimum atomic E-state index is -0.387. The Labute approximate surface area is 99.0 Å². The highest BCUT2D eigenvalue weighted by molar-refractivity contribution is 6.28. The molecule has 0 aliphatic carbocycles. The summed E-state index contributed by atoms with van der Waals surface area (Å²) in [4.78, 5) is 11.6. The zero-order chi connectivity index (χ0) is 12.1. The van der Waals surface area contributed by atoms with Crippen LogP contribution in [-0.2, 0) is 0 Å². The summed E-state index contributed by atoms with van der Waals surface area (Å²) in [6.45, 7) is 3.63. The van der Waals surface area contributed by atoms with Crippen LogP contribution in [0.3, 0.4) is 0 Å². The first-order chi connectivity index (χ1) is 7.51. The third kappa shape index (κ3) is 4.16. The van der Waals surface area contributed by atoms with Crippen molar-refractivity contribution in [1.29, 1.82) is 0 Å². The topological polar surface area (TPSA) is 80.2 Å². The van der Waals surface area contributed by atoms with Crippen LogP contribution in [0.1, 0.15) is 20.3 Å². The first-order valence-corrected chi connectivity index (χ1v) is 5.29. The van der Waals surface area contributed by atoms with Crippen molar-refractivity contribution in [1.82, 2.24) is 15.0 Å². The second kappa shape index (κ2) is 5.81. The van der Waals surface area contributed by atoms with Crippen LogP contribution in [0.25, 0.3) is 0 Å². The number of halogens is 1. The molecule has 0 aliphatic rings. The van der Waals surface area contributed by atoms with Crippen LogP contribution in [0.5, 0.6) is 6.01 Å². The summed E-state index contributed by atoms with van der Waals surface area (Å²) in [5, 5.41) is 12.3. The molecule has 1 aromatic heterocycles. The van der Waals surface area contributed by atoms with Crippen LogP contribution >= 0.6 is 11.6 Å². The van der Waals surface area contributed by atoms with E-state index >= 15 is 0 Å². The van der Waals surface area contributed by atoms with E-state index in [1.54, 1.807) is 6.92 Å². The molecule has 0 spiro atoms. The monoisotopic (exact) mass is 246 g/mol. The highest BCUT2D eigenvalue weighted by Crippen LogP contribution is 2.12. The molecule has 0 bridgehead atoms. The van der Waals surface area contributed by atoms with Crippen LogP contribution in [0.2, 0.25) is 5.28 Å². The van der Waals surface area contributed by atoms with Gasteiger partial charge in [0.2, 0.25) is 11.2 Å². The Kier molecular flexibility index (Phi) is 4.70. The molecular formula is C9H15ClN4O2. The Hall–Kier alpha value is -1.14. The van der Waals surface area contributed by atoms with Gasteiger partial charge in [-0.2, -0.15) is 15.0 Å². The number of aliphatic hydroxyl groups is 1. The summed E-state index contributed by atoms with van der Waals surface area (Å²) in [6, 6.07) is 0.190. The van der Waals surface area contributed by atoms with Gasteiger partial charge in [0.05, 0.1) is 13.2 Å². The SMILES string of the molecule is COc1nc(Cl)nc(NC(C)CC(C)O)n1. The zero-order valence-corrected chi connectivity index (χ0v) is 10.2. The number of anilines is 1. The maximum absolute atomic E-state index is 9.21. The average Bonchev–Trinajstić information content (AvgIpc) is 2.14. The molecule has 0 fully saturated rings. The summed E-state index contributed by atoms with van der Waals surface area (Å²) in [6.07, 6.45) is 0.202. The maximum Gasteiger partial charge on any atom is 0.322 e. The van der Waals surface area contributed by atoms with Gasteiger partial charge in [-0.3, -0.25) is 0 Å². The number of hydrogen-bond donors (Lipinski definition) is 2. The van der Waals surface area contributed by atoms with Crippen LogP contribution in [0, 0.1) is 0 Å². The second-order valence-electron chi connectivity index (χ2n) is 3.54. The van der Waals surface area contributed by atoms with Gasteiger partial charge in [0.15, 0.2) is 0 Å². The minimum absolute atomic E-state index is 0.0307. The number of aliphatic hydroxyl groups excluding tert-OH is 1.